The van der Waals surface area contributed by atoms with Gasteiger partial charge in [-0.15, -0.1) is 11.3 Å². The molecule has 0 saturated heterocycles. The molecule has 0 saturated carbocycles. The van der Waals surface area contributed by atoms with Crippen LogP contribution in [0.5, 0.6) is 0 Å². The molecule has 0 atom stereocenters. The Balaban J connectivity index is 2.23. The minimum Gasteiger partial charge on any atom is -0.465 e. The number of carbonyl (C=O) groups is 1. The van der Waals surface area contributed by atoms with Gasteiger partial charge in [-0.1, -0.05) is 0 Å². The molecule has 2 aromatic rings. The average Bonchev–Trinajstić information content (AvgIpc) is 2.91. The lowest BCUT2D eigenvalue weighted by Gasteiger charge is -2.19. The highest BCUT2D eigenvalue weighted by molar-refractivity contribution is 7.09. The minimum absolute atomic E-state index is 0.235. The van der Waals surface area contributed by atoms with Gasteiger partial charge in [0, 0.05) is 17.6 Å². The SMILES string of the molecule is CCOC(=O)C(C)(C)c1csc(Cn2ccc(=O)[nH]c2=O)n1. The van der Waals surface area contributed by atoms with Gasteiger partial charge in [-0.2, -0.15) is 0 Å². The molecule has 0 aliphatic rings. The molecule has 2 rings (SSSR count). The van der Waals surface area contributed by atoms with Gasteiger partial charge in [0.1, 0.15) is 10.4 Å². The maximum atomic E-state index is 12.0. The van der Waals surface area contributed by atoms with E-state index in [0.29, 0.717) is 17.3 Å². The van der Waals surface area contributed by atoms with Crippen molar-refractivity contribution in [3.8, 4) is 0 Å². The number of ether oxygens (including phenoxy) is 1. The molecule has 2 heterocycles. The standard InChI is InChI=1S/C14H17N3O4S/c1-4-21-12(19)14(2,3)9-8-22-11(15-9)7-17-6-5-10(18)16-13(17)20/h5-6,8H,4,7H2,1-3H3,(H,16,18,20). The van der Waals surface area contributed by atoms with Crippen molar-refractivity contribution in [2.45, 2.75) is 32.7 Å². The predicted octanol–water partition coefficient (Wildman–Crippen LogP) is 0.882. The second-order valence-corrected chi connectivity index (χ2v) is 6.15. The zero-order valence-corrected chi connectivity index (χ0v) is 13.4. The number of esters is 1. The zero-order chi connectivity index (χ0) is 16.3. The van der Waals surface area contributed by atoms with E-state index in [2.05, 4.69) is 9.97 Å². The molecule has 22 heavy (non-hydrogen) atoms. The molecule has 0 unspecified atom stereocenters. The average molecular weight is 323 g/mol. The van der Waals surface area contributed by atoms with Crippen molar-refractivity contribution in [1.82, 2.24) is 14.5 Å². The maximum Gasteiger partial charge on any atom is 0.328 e. The summed E-state index contributed by atoms with van der Waals surface area (Å²) in [7, 11) is 0. The second-order valence-electron chi connectivity index (χ2n) is 5.21. The molecule has 0 aromatic carbocycles. The van der Waals surface area contributed by atoms with Gasteiger partial charge in [0.15, 0.2) is 0 Å². The van der Waals surface area contributed by atoms with Crippen LogP contribution in [0.25, 0.3) is 0 Å². The van der Waals surface area contributed by atoms with E-state index >= 15 is 0 Å². The second kappa shape index (κ2) is 6.27. The molecule has 0 radical (unpaired) electrons. The predicted molar refractivity (Wildman–Crippen MR) is 82.2 cm³/mol. The molecule has 1 N–H and O–H groups in total. The van der Waals surface area contributed by atoms with Gasteiger partial charge >= 0.3 is 11.7 Å². The number of H-pyrrole nitrogens is 1. The number of aromatic amines is 1. The van der Waals surface area contributed by atoms with Crippen LogP contribution in [-0.2, 0) is 21.5 Å². The molecule has 0 aliphatic heterocycles. The fourth-order valence-corrected chi connectivity index (χ4v) is 2.76. The summed E-state index contributed by atoms with van der Waals surface area (Å²) in [5.41, 5.74) is -1.18. The van der Waals surface area contributed by atoms with Gasteiger partial charge in [0.25, 0.3) is 5.56 Å². The van der Waals surface area contributed by atoms with Crippen LogP contribution >= 0.6 is 11.3 Å². The summed E-state index contributed by atoms with van der Waals surface area (Å²) in [5, 5.41) is 2.45. The fraction of sp³-hybridized carbons (Fsp3) is 0.429. The van der Waals surface area contributed by atoms with E-state index in [4.69, 9.17) is 4.74 Å². The Morgan fingerprint density at radius 1 is 1.45 bits per heavy atom. The Bertz CT molecular complexity index is 788. The molecule has 0 bridgehead atoms. The highest BCUT2D eigenvalue weighted by Gasteiger charge is 2.33. The Morgan fingerprint density at radius 2 is 2.18 bits per heavy atom. The molecule has 8 heteroatoms. The molecule has 7 nitrogen and oxygen atoms in total. The molecular weight excluding hydrogens is 306 g/mol. The van der Waals surface area contributed by atoms with E-state index in [1.807, 2.05) is 0 Å². The van der Waals surface area contributed by atoms with Gasteiger partial charge in [0.05, 0.1) is 18.8 Å². The Hall–Kier alpha value is -2.22. The van der Waals surface area contributed by atoms with Crippen LogP contribution in [0.2, 0.25) is 0 Å². The maximum absolute atomic E-state index is 12.0. The topological polar surface area (TPSA) is 94.0 Å². The van der Waals surface area contributed by atoms with Crippen molar-refractivity contribution < 1.29 is 9.53 Å². The van der Waals surface area contributed by atoms with Gasteiger partial charge in [-0.3, -0.25) is 19.1 Å². The first-order valence-electron chi connectivity index (χ1n) is 6.76. The molecule has 0 spiro atoms. The smallest absolute Gasteiger partial charge is 0.328 e. The van der Waals surface area contributed by atoms with Crippen molar-refractivity contribution in [1.29, 1.82) is 0 Å². The largest absolute Gasteiger partial charge is 0.465 e. The Morgan fingerprint density at radius 3 is 2.82 bits per heavy atom. The molecule has 0 fully saturated rings. The van der Waals surface area contributed by atoms with E-state index in [9.17, 15) is 14.4 Å². The lowest BCUT2D eigenvalue weighted by Crippen LogP contribution is -2.31. The number of rotatable bonds is 5. The summed E-state index contributed by atoms with van der Waals surface area (Å²) in [6, 6.07) is 1.28. The third-order valence-corrected chi connectivity index (χ3v) is 4.01. The minimum atomic E-state index is -0.847. The zero-order valence-electron chi connectivity index (χ0n) is 12.6. The highest BCUT2D eigenvalue weighted by atomic mass is 32.1. The van der Waals surface area contributed by atoms with Gasteiger partial charge in [0.2, 0.25) is 0 Å². The number of aromatic nitrogens is 3. The van der Waals surface area contributed by atoms with Crippen LogP contribution in [-0.4, -0.2) is 27.1 Å². The first-order valence-corrected chi connectivity index (χ1v) is 7.64. The molecular formula is C14H17N3O4S. The van der Waals surface area contributed by atoms with Crippen LogP contribution in [0.1, 0.15) is 31.5 Å². The van der Waals surface area contributed by atoms with Crippen LogP contribution in [0.4, 0.5) is 0 Å². The summed E-state index contributed by atoms with van der Waals surface area (Å²) in [5.74, 6) is -0.340. The van der Waals surface area contributed by atoms with Crippen molar-refractivity contribution >= 4 is 17.3 Å². The fourth-order valence-electron chi connectivity index (χ4n) is 1.80. The van der Waals surface area contributed by atoms with Gasteiger partial charge in [-0.25, -0.2) is 9.78 Å². The summed E-state index contributed by atoms with van der Waals surface area (Å²) < 4.78 is 6.40. The first kappa shape index (κ1) is 16.2. The van der Waals surface area contributed by atoms with Gasteiger partial charge < -0.3 is 4.74 Å². The van der Waals surface area contributed by atoms with Crippen molar-refractivity contribution in [2.24, 2.45) is 0 Å². The number of nitrogens with one attached hydrogen (secondary N) is 1. The Labute approximate surface area is 130 Å². The number of nitrogens with zero attached hydrogens (tertiary/aromatic N) is 2. The van der Waals surface area contributed by atoms with E-state index in [1.54, 1.807) is 26.2 Å². The van der Waals surface area contributed by atoms with Gasteiger partial charge in [-0.05, 0) is 20.8 Å². The van der Waals surface area contributed by atoms with E-state index in [0.717, 1.165) is 0 Å². The molecule has 118 valence electrons. The monoisotopic (exact) mass is 323 g/mol. The number of carbonyl (C=O) groups excluding carboxylic acids is 1. The van der Waals surface area contributed by atoms with Crippen LogP contribution in [0.15, 0.2) is 27.2 Å². The molecule has 2 aromatic heterocycles. The molecule has 0 aliphatic carbocycles. The number of hydrogen-bond acceptors (Lipinski definition) is 6. The van der Waals surface area contributed by atoms with Crippen LogP contribution < -0.4 is 11.2 Å². The Kier molecular flexibility index (Phi) is 4.60. The number of thiazole rings is 1. The van der Waals surface area contributed by atoms with Crippen molar-refractivity contribution in [3.63, 3.8) is 0 Å². The van der Waals surface area contributed by atoms with E-state index < -0.39 is 16.7 Å². The lowest BCUT2D eigenvalue weighted by molar-refractivity contribution is -0.148. The number of hydrogen-bond donors (Lipinski definition) is 1. The lowest BCUT2D eigenvalue weighted by atomic mass is 9.90. The highest BCUT2D eigenvalue weighted by Crippen LogP contribution is 2.26. The first-order chi connectivity index (χ1) is 10.3. The quantitative estimate of drug-likeness (QED) is 0.824. The van der Waals surface area contributed by atoms with Crippen molar-refractivity contribution in [3.05, 3.63) is 49.2 Å². The summed E-state index contributed by atoms with van der Waals surface area (Å²) in [6.07, 6.45) is 1.42. The van der Waals surface area contributed by atoms with Crippen LogP contribution in [0, 0.1) is 0 Å². The third kappa shape index (κ3) is 3.33. The van der Waals surface area contributed by atoms with Crippen LogP contribution in [0.3, 0.4) is 0 Å². The van der Waals surface area contributed by atoms with E-state index in [-0.39, 0.29) is 12.5 Å². The third-order valence-electron chi connectivity index (χ3n) is 3.18. The summed E-state index contributed by atoms with van der Waals surface area (Å²) >= 11 is 1.35. The van der Waals surface area contributed by atoms with Crippen molar-refractivity contribution in [2.75, 3.05) is 6.61 Å². The normalized spacial score (nSPS) is 11.4. The van der Waals surface area contributed by atoms with E-state index in [1.165, 1.54) is 28.2 Å². The summed E-state index contributed by atoms with van der Waals surface area (Å²) in [6.45, 7) is 5.79. The summed E-state index contributed by atoms with van der Waals surface area (Å²) in [4.78, 5) is 41.3. The molecule has 0 amide bonds.